The predicted octanol–water partition coefficient (Wildman–Crippen LogP) is 5.15. The molecular formula is C32H47NO5. The maximum atomic E-state index is 13.6. The van der Waals surface area contributed by atoms with Crippen molar-refractivity contribution in [3.63, 3.8) is 0 Å². The first-order chi connectivity index (χ1) is 18.2. The largest absolute Gasteiger partial charge is 0.491 e. The van der Waals surface area contributed by atoms with Crippen molar-refractivity contribution in [3.8, 4) is 0 Å². The minimum absolute atomic E-state index is 0.0194. The summed E-state index contributed by atoms with van der Waals surface area (Å²) in [5, 5.41) is 20.0. The minimum atomic E-state index is -0.635. The van der Waals surface area contributed by atoms with Gasteiger partial charge in [-0.05, 0) is 60.8 Å². The maximum Gasteiger partial charge on any atom is 0.254 e. The van der Waals surface area contributed by atoms with Crippen LogP contribution in [-0.2, 0) is 20.7 Å². The van der Waals surface area contributed by atoms with Crippen molar-refractivity contribution >= 4 is 11.5 Å². The van der Waals surface area contributed by atoms with E-state index in [1.54, 1.807) is 0 Å². The van der Waals surface area contributed by atoms with Crippen LogP contribution in [0.15, 0.2) is 54.3 Å². The molecule has 1 aromatic carbocycles. The first kappa shape index (κ1) is 30.1. The van der Waals surface area contributed by atoms with E-state index in [0.29, 0.717) is 43.6 Å². The van der Waals surface area contributed by atoms with Crippen LogP contribution in [0.25, 0.3) is 5.57 Å². The number of rotatable bonds is 15. The lowest BCUT2D eigenvalue weighted by Crippen LogP contribution is -2.48. The lowest BCUT2D eigenvalue weighted by molar-refractivity contribution is -0.127. The molecule has 0 fully saturated rings. The van der Waals surface area contributed by atoms with Gasteiger partial charge < -0.3 is 24.6 Å². The highest BCUT2D eigenvalue weighted by molar-refractivity contribution is 6.20. The molecule has 0 spiro atoms. The average Bonchev–Trinajstić information content (AvgIpc) is 2.90. The van der Waals surface area contributed by atoms with Crippen molar-refractivity contribution in [1.82, 2.24) is 4.90 Å². The average molecular weight is 526 g/mol. The maximum absolute atomic E-state index is 13.6. The molecule has 1 aliphatic carbocycles. The Labute approximate surface area is 229 Å². The lowest BCUT2D eigenvalue weighted by Gasteiger charge is -2.39. The highest BCUT2D eigenvalue weighted by Crippen LogP contribution is 2.35. The van der Waals surface area contributed by atoms with Crippen LogP contribution in [-0.4, -0.2) is 65.6 Å². The summed E-state index contributed by atoms with van der Waals surface area (Å²) in [6.07, 6.45) is 10.5. The zero-order valence-corrected chi connectivity index (χ0v) is 23.8. The summed E-state index contributed by atoms with van der Waals surface area (Å²) in [6.45, 7) is 12.0. The molecule has 2 aliphatic rings. The van der Waals surface area contributed by atoms with Crippen LogP contribution >= 0.6 is 0 Å². The molecule has 0 radical (unpaired) electrons. The number of aliphatic hydroxyl groups excluding tert-OH is 2. The number of allylic oxidation sites excluding steroid dienone is 1. The second-order valence-corrected chi connectivity index (χ2v) is 11.2. The van der Waals surface area contributed by atoms with Gasteiger partial charge >= 0.3 is 0 Å². The Balaban J connectivity index is 1.65. The Morgan fingerprint density at radius 1 is 1.11 bits per heavy atom. The van der Waals surface area contributed by atoms with Gasteiger partial charge in [0.25, 0.3) is 5.91 Å². The summed E-state index contributed by atoms with van der Waals surface area (Å²) in [7, 11) is 0. The Morgan fingerprint density at radius 3 is 2.55 bits per heavy atom. The monoisotopic (exact) mass is 525 g/mol. The minimum Gasteiger partial charge on any atom is -0.491 e. The van der Waals surface area contributed by atoms with Gasteiger partial charge in [-0.2, -0.15) is 0 Å². The molecule has 1 amide bonds. The highest BCUT2D eigenvalue weighted by atomic mass is 16.5. The van der Waals surface area contributed by atoms with Crippen LogP contribution in [0.1, 0.15) is 65.0 Å². The van der Waals surface area contributed by atoms with Gasteiger partial charge in [-0.15, -0.1) is 0 Å². The highest BCUT2D eigenvalue weighted by Gasteiger charge is 2.36. The van der Waals surface area contributed by atoms with Crippen molar-refractivity contribution in [3.05, 3.63) is 65.5 Å². The fourth-order valence-electron chi connectivity index (χ4n) is 5.17. The standard InChI is InChI=1S/C32H47NO5/c1-6-24-10-7-8-11-28(24)29-19-25-12-13-27(20-30(25)33(32(29)36)15-9-16-34)38-21-26(35)14-17-37-31(23(4)5)18-22(2)3/h7-8,10-13,19-20,22-23,25-26,30-31,34-35H,6,9,14-18,21H2,1-5H3. The van der Waals surface area contributed by atoms with E-state index in [1.807, 2.05) is 35.3 Å². The summed E-state index contributed by atoms with van der Waals surface area (Å²) >= 11 is 0. The van der Waals surface area contributed by atoms with E-state index in [-0.39, 0.29) is 37.2 Å². The number of hydrogen-bond acceptors (Lipinski definition) is 5. The zero-order chi connectivity index (χ0) is 27.7. The van der Waals surface area contributed by atoms with E-state index < -0.39 is 6.10 Å². The first-order valence-corrected chi connectivity index (χ1v) is 14.3. The molecule has 0 saturated carbocycles. The molecule has 0 bridgehead atoms. The first-order valence-electron chi connectivity index (χ1n) is 14.3. The van der Waals surface area contributed by atoms with Crippen LogP contribution in [0.3, 0.4) is 0 Å². The number of benzene rings is 1. The van der Waals surface area contributed by atoms with Gasteiger partial charge in [0.15, 0.2) is 0 Å². The number of amides is 1. The number of ether oxygens (including phenoxy) is 2. The van der Waals surface area contributed by atoms with Crippen molar-refractivity contribution in [2.75, 3.05) is 26.4 Å². The van der Waals surface area contributed by atoms with Gasteiger partial charge in [0.05, 0.1) is 18.2 Å². The van der Waals surface area contributed by atoms with E-state index in [4.69, 9.17) is 9.47 Å². The molecule has 4 unspecified atom stereocenters. The fourth-order valence-corrected chi connectivity index (χ4v) is 5.17. The van der Waals surface area contributed by atoms with E-state index in [9.17, 15) is 15.0 Å². The van der Waals surface area contributed by atoms with Crippen LogP contribution in [0.5, 0.6) is 0 Å². The van der Waals surface area contributed by atoms with Crippen LogP contribution in [0.2, 0.25) is 0 Å². The predicted molar refractivity (Wildman–Crippen MR) is 152 cm³/mol. The number of fused-ring (bicyclic) bond motifs is 1. The molecule has 210 valence electrons. The van der Waals surface area contributed by atoms with E-state index >= 15 is 0 Å². The molecule has 0 saturated heterocycles. The number of hydrogen-bond donors (Lipinski definition) is 2. The quantitative estimate of drug-likeness (QED) is 0.331. The summed E-state index contributed by atoms with van der Waals surface area (Å²) < 4.78 is 12.0. The van der Waals surface area contributed by atoms with Gasteiger partial charge in [-0.1, -0.05) is 71.0 Å². The molecule has 1 aliphatic heterocycles. The Kier molecular flexibility index (Phi) is 11.6. The summed E-state index contributed by atoms with van der Waals surface area (Å²) in [5.41, 5.74) is 2.84. The summed E-state index contributed by atoms with van der Waals surface area (Å²) in [5.74, 6) is 1.66. The number of carbonyl (C=O) groups excluding carboxylic acids is 1. The molecule has 4 atom stereocenters. The molecule has 2 N–H and O–H groups in total. The normalized spacial score (nSPS) is 20.9. The van der Waals surface area contributed by atoms with Crippen molar-refractivity contribution in [1.29, 1.82) is 0 Å². The fraction of sp³-hybridized carbons (Fsp3) is 0.594. The molecule has 3 rings (SSSR count). The van der Waals surface area contributed by atoms with Gasteiger partial charge in [-0.25, -0.2) is 0 Å². The SMILES string of the molecule is CCc1ccccc1C1=CC2C=CC(OCC(O)CCOC(CC(C)C)C(C)C)=CC2N(CCCO)C1=O. The number of aryl methyl sites for hydroxylation is 1. The van der Waals surface area contributed by atoms with Gasteiger partial charge in [0.2, 0.25) is 0 Å². The summed E-state index contributed by atoms with van der Waals surface area (Å²) in [6, 6.07) is 7.87. The Bertz CT molecular complexity index is 995. The topological polar surface area (TPSA) is 79.2 Å². The number of aliphatic hydroxyl groups is 2. The molecule has 38 heavy (non-hydrogen) atoms. The van der Waals surface area contributed by atoms with Crippen molar-refractivity contribution in [2.24, 2.45) is 17.8 Å². The molecule has 1 aromatic rings. The zero-order valence-electron chi connectivity index (χ0n) is 23.8. The van der Waals surface area contributed by atoms with Crippen LogP contribution in [0, 0.1) is 17.8 Å². The Morgan fingerprint density at radius 2 is 1.87 bits per heavy atom. The summed E-state index contributed by atoms with van der Waals surface area (Å²) in [4.78, 5) is 15.5. The number of carbonyl (C=O) groups is 1. The Hall–Kier alpha value is -2.41. The molecule has 1 heterocycles. The lowest BCUT2D eigenvalue weighted by atomic mass is 9.83. The van der Waals surface area contributed by atoms with E-state index in [1.165, 1.54) is 0 Å². The van der Waals surface area contributed by atoms with Gasteiger partial charge in [0.1, 0.15) is 12.4 Å². The third kappa shape index (κ3) is 8.05. The van der Waals surface area contributed by atoms with Crippen molar-refractivity contribution in [2.45, 2.75) is 78.6 Å². The van der Waals surface area contributed by atoms with Crippen molar-refractivity contribution < 1.29 is 24.5 Å². The van der Waals surface area contributed by atoms with E-state index in [0.717, 1.165) is 29.5 Å². The molecule has 6 heteroatoms. The van der Waals surface area contributed by atoms with Gasteiger partial charge in [0, 0.05) is 31.2 Å². The second kappa shape index (κ2) is 14.7. The molecule has 6 nitrogen and oxygen atoms in total. The van der Waals surface area contributed by atoms with E-state index in [2.05, 4.69) is 52.8 Å². The smallest absolute Gasteiger partial charge is 0.254 e. The molecule has 0 aromatic heterocycles. The molecular weight excluding hydrogens is 478 g/mol. The second-order valence-electron chi connectivity index (χ2n) is 11.2. The third-order valence-corrected chi connectivity index (χ3v) is 7.34. The third-order valence-electron chi connectivity index (χ3n) is 7.34. The van der Waals surface area contributed by atoms with Gasteiger partial charge in [-0.3, -0.25) is 4.79 Å². The van der Waals surface area contributed by atoms with Crippen LogP contribution < -0.4 is 0 Å². The van der Waals surface area contributed by atoms with Crippen LogP contribution in [0.4, 0.5) is 0 Å². The number of nitrogens with zero attached hydrogens (tertiary/aromatic N) is 1.